The SMILES string of the molecule is Cc1occc1C(=O)NNC(=O)CNS(=O)(=O)c1ccccc1C#N. The third kappa shape index (κ3) is 4.43. The number of carbonyl (C=O) groups is 2. The Hall–Kier alpha value is -3.16. The van der Waals surface area contributed by atoms with Crippen LogP contribution in [-0.4, -0.2) is 26.8 Å². The van der Waals surface area contributed by atoms with E-state index in [9.17, 15) is 18.0 Å². The van der Waals surface area contributed by atoms with E-state index in [-0.39, 0.29) is 16.0 Å². The Balaban J connectivity index is 1.92. The second kappa shape index (κ2) is 7.61. The fraction of sp³-hybridized carbons (Fsp3) is 0.133. The Morgan fingerprint density at radius 3 is 2.56 bits per heavy atom. The van der Waals surface area contributed by atoms with E-state index >= 15 is 0 Å². The minimum atomic E-state index is -4.05. The first-order chi connectivity index (χ1) is 11.8. The van der Waals surface area contributed by atoms with E-state index in [4.69, 9.17) is 9.68 Å². The molecule has 10 heteroatoms. The number of hydrogen-bond donors (Lipinski definition) is 3. The van der Waals surface area contributed by atoms with Crippen LogP contribution in [0.15, 0.2) is 45.9 Å². The van der Waals surface area contributed by atoms with Crippen molar-refractivity contribution >= 4 is 21.8 Å². The smallest absolute Gasteiger partial charge is 0.273 e. The van der Waals surface area contributed by atoms with Crippen molar-refractivity contribution in [1.82, 2.24) is 15.6 Å². The normalized spacial score (nSPS) is 10.7. The lowest BCUT2D eigenvalue weighted by atomic mass is 10.2. The summed E-state index contributed by atoms with van der Waals surface area (Å²) in [6.45, 7) is 0.963. The second-order valence-corrected chi connectivity index (χ2v) is 6.56. The van der Waals surface area contributed by atoms with Crippen LogP contribution in [0, 0.1) is 18.3 Å². The zero-order chi connectivity index (χ0) is 18.4. The summed E-state index contributed by atoms with van der Waals surface area (Å²) in [6, 6.07) is 8.78. The zero-order valence-electron chi connectivity index (χ0n) is 13.1. The maximum atomic E-state index is 12.1. The first-order valence-electron chi connectivity index (χ1n) is 6.97. The molecule has 1 heterocycles. The van der Waals surface area contributed by atoms with Crippen molar-refractivity contribution in [3.63, 3.8) is 0 Å². The van der Waals surface area contributed by atoms with Gasteiger partial charge in [0.15, 0.2) is 0 Å². The number of amides is 2. The van der Waals surface area contributed by atoms with E-state index in [1.54, 1.807) is 13.0 Å². The van der Waals surface area contributed by atoms with Crippen LogP contribution in [-0.2, 0) is 14.8 Å². The Morgan fingerprint density at radius 2 is 1.92 bits per heavy atom. The average Bonchev–Trinajstić information content (AvgIpc) is 3.04. The molecular formula is C15H14N4O5S. The third-order valence-corrected chi connectivity index (χ3v) is 4.60. The molecular weight excluding hydrogens is 348 g/mol. The van der Waals surface area contributed by atoms with E-state index in [1.807, 2.05) is 0 Å². The lowest BCUT2D eigenvalue weighted by molar-refractivity contribution is -0.120. The van der Waals surface area contributed by atoms with E-state index < -0.39 is 28.4 Å². The third-order valence-electron chi connectivity index (χ3n) is 3.14. The minimum absolute atomic E-state index is 0.0425. The highest BCUT2D eigenvalue weighted by Crippen LogP contribution is 2.13. The predicted octanol–water partition coefficient (Wildman–Crippen LogP) is 0.199. The average molecular weight is 362 g/mol. The van der Waals surface area contributed by atoms with Crippen LogP contribution in [0.2, 0.25) is 0 Å². The Kier molecular flexibility index (Phi) is 5.53. The van der Waals surface area contributed by atoms with Crippen LogP contribution >= 0.6 is 0 Å². The lowest BCUT2D eigenvalue weighted by Crippen LogP contribution is -2.46. The number of nitrogens with zero attached hydrogens (tertiary/aromatic N) is 1. The summed E-state index contributed by atoms with van der Waals surface area (Å²) in [5.74, 6) is -1.01. The summed E-state index contributed by atoms with van der Waals surface area (Å²) < 4.78 is 31.3. The van der Waals surface area contributed by atoms with Gasteiger partial charge in [-0.25, -0.2) is 13.1 Å². The van der Waals surface area contributed by atoms with Crippen molar-refractivity contribution < 1.29 is 22.4 Å². The highest BCUT2D eigenvalue weighted by atomic mass is 32.2. The molecule has 25 heavy (non-hydrogen) atoms. The predicted molar refractivity (Wildman–Crippen MR) is 85.4 cm³/mol. The van der Waals surface area contributed by atoms with Gasteiger partial charge in [0.1, 0.15) is 11.8 Å². The number of nitriles is 1. The van der Waals surface area contributed by atoms with Crippen molar-refractivity contribution in [2.45, 2.75) is 11.8 Å². The van der Waals surface area contributed by atoms with Crippen LogP contribution in [0.25, 0.3) is 0 Å². The van der Waals surface area contributed by atoms with E-state index in [1.165, 1.54) is 36.6 Å². The van der Waals surface area contributed by atoms with Gasteiger partial charge in [0.2, 0.25) is 10.0 Å². The Bertz CT molecular complexity index is 943. The van der Waals surface area contributed by atoms with Gasteiger partial charge < -0.3 is 4.42 Å². The fourth-order valence-corrected chi connectivity index (χ4v) is 3.03. The molecule has 0 fully saturated rings. The Morgan fingerprint density at radius 1 is 1.20 bits per heavy atom. The number of furan rings is 1. The van der Waals surface area contributed by atoms with Gasteiger partial charge in [-0.1, -0.05) is 12.1 Å². The van der Waals surface area contributed by atoms with Crippen LogP contribution in [0.4, 0.5) is 0 Å². The molecule has 1 aromatic heterocycles. The number of rotatable bonds is 5. The fourth-order valence-electron chi connectivity index (χ4n) is 1.89. The number of aryl methyl sites for hydroxylation is 1. The van der Waals surface area contributed by atoms with E-state index in [2.05, 4.69) is 15.6 Å². The molecule has 2 amide bonds. The minimum Gasteiger partial charge on any atom is -0.469 e. The Labute approximate surface area is 143 Å². The van der Waals surface area contributed by atoms with Crippen molar-refractivity contribution in [3.8, 4) is 6.07 Å². The number of carbonyl (C=O) groups excluding carboxylic acids is 2. The molecule has 0 aliphatic carbocycles. The molecule has 3 N–H and O–H groups in total. The van der Waals surface area contributed by atoms with Gasteiger partial charge in [0, 0.05) is 0 Å². The van der Waals surface area contributed by atoms with Gasteiger partial charge >= 0.3 is 0 Å². The second-order valence-electron chi connectivity index (χ2n) is 4.83. The van der Waals surface area contributed by atoms with Crippen LogP contribution in [0.3, 0.4) is 0 Å². The number of hydrazine groups is 1. The van der Waals surface area contributed by atoms with Crippen molar-refractivity contribution in [2.24, 2.45) is 0 Å². The summed E-state index contributed by atoms with van der Waals surface area (Å²) in [5.41, 5.74) is 4.41. The van der Waals surface area contributed by atoms with Crippen LogP contribution in [0.1, 0.15) is 21.7 Å². The maximum absolute atomic E-state index is 12.1. The van der Waals surface area contributed by atoms with E-state index in [0.717, 1.165) is 0 Å². The highest BCUT2D eigenvalue weighted by Gasteiger charge is 2.19. The summed E-state index contributed by atoms with van der Waals surface area (Å²) in [7, 11) is -4.05. The molecule has 130 valence electrons. The summed E-state index contributed by atoms with van der Waals surface area (Å²) >= 11 is 0. The van der Waals surface area contributed by atoms with Crippen molar-refractivity contribution in [1.29, 1.82) is 5.26 Å². The molecule has 0 radical (unpaired) electrons. The molecule has 1 aromatic carbocycles. The van der Waals surface area contributed by atoms with Gasteiger partial charge in [-0.2, -0.15) is 5.26 Å². The molecule has 2 aromatic rings. The monoisotopic (exact) mass is 362 g/mol. The van der Waals surface area contributed by atoms with E-state index in [0.29, 0.717) is 5.76 Å². The molecule has 0 aliphatic heterocycles. The lowest BCUT2D eigenvalue weighted by Gasteiger charge is -2.09. The quantitative estimate of drug-likeness (QED) is 0.649. The van der Waals surface area contributed by atoms with Gasteiger partial charge in [0.25, 0.3) is 11.8 Å². The van der Waals surface area contributed by atoms with Gasteiger partial charge in [0.05, 0.1) is 28.8 Å². The van der Waals surface area contributed by atoms with Gasteiger partial charge in [-0.05, 0) is 25.1 Å². The topological polar surface area (TPSA) is 141 Å². The molecule has 0 unspecified atom stereocenters. The number of sulfonamides is 1. The summed E-state index contributed by atoms with van der Waals surface area (Å²) in [4.78, 5) is 23.2. The number of benzene rings is 1. The van der Waals surface area contributed by atoms with Crippen LogP contribution < -0.4 is 15.6 Å². The maximum Gasteiger partial charge on any atom is 0.273 e. The molecule has 9 nitrogen and oxygen atoms in total. The standard InChI is InChI=1S/C15H14N4O5S/c1-10-12(6-7-24-10)15(21)19-18-14(20)9-17-25(22,23)13-5-3-2-4-11(13)8-16/h2-7,17H,9H2,1H3,(H,18,20)(H,19,21). The molecule has 0 bridgehead atoms. The van der Waals surface area contributed by atoms with Crippen molar-refractivity contribution in [2.75, 3.05) is 6.54 Å². The molecule has 0 aliphatic rings. The van der Waals surface area contributed by atoms with Crippen LogP contribution in [0.5, 0.6) is 0 Å². The van der Waals surface area contributed by atoms with Gasteiger partial charge in [-0.3, -0.25) is 20.4 Å². The number of hydrogen-bond acceptors (Lipinski definition) is 6. The first-order valence-corrected chi connectivity index (χ1v) is 8.45. The summed E-state index contributed by atoms with van der Waals surface area (Å²) in [6.07, 6.45) is 1.33. The highest BCUT2D eigenvalue weighted by molar-refractivity contribution is 7.89. The number of nitrogens with one attached hydrogen (secondary N) is 3. The first kappa shape index (κ1) is 18.2. The van der Waals surface area contributed by atoms with Crippen molar-refractivity contribution in [3.05, 3.63) is 53.5 Å². The zero-order valence-corrected chi connectivity index (χ0v) is 13.9. The molecule has 0 spiro atoms. The molecule has 0 atom stereocenters. The van der Waals surface area contributed by atoms with Gasteiger partial charge in [-0.15, -0.1) is 0 Å². The molecule has 0 saturated carbocycles. The molecule has 2 rings (SSSR count). The molecule has 0 saturated heterocycles. The largest absolute Gasteiger partial charge is 0.469 e. The summed E-state index contributed by atoms with van der Waals surface area (Å²) in [5, 5.41) is 8.94.